The molecule has 2 heterocycles. The number of likely N-dealkylation sites (tertiary alicyclic amines) is 1. The standard InChI is InChI=1S/C22H26N6OS/c1-16-5-10-20(13-17(16)2)28-22(24-25-26-28)30-15-21(29)23-19-8-6-18(7-9-19)14-27-11-3-4-12-27/h5-10,13H,3-4,11-12,14-15H2,1-2H3,(H,23,29). The highest BCUT2D eigenvalue weighted by Crippen LogP contribution is 2.21. The molecule has 2 aromatic carbocycles. The van der Waals surface area contributed by atoms with E-state index in [2.05, 4.69) is 51.7 Å². The van der Waals surface area contributed by atoms with Gasteiger partial charge in [0.15, 0.2) is 0 Å². The molecule has 1 amide bonds. The Kier molecular flexibility index (Phi) is 6.44. The van der Waals surface area contributed by atoms with Gasteiger partial charge >= 0.3 is 0 Å². The Morgan fingerprint density at radius 3 is 2.57 bits per heavy atom. The molecule has 8 heteroatoms. The van der Waals surface area contributed by atoms with Gasteiger partial charge < -0.3 is 5.32 Å². The first-order chi connectivity index (χ1) is 14.6. The quantitative estimate of drug-likeness (QED) is 0.586. The van der Waals surface area contributed by atoms with Gasteiger partial charge in [0.1, 0.15) is 0 Å². The summed E-state index contributed by atoms with van der Waals surface area (Å²) in [6.07, 6.45) is 2.58. The Labute approximate surface area is 180 Å². The maximum atomic E-state index is 12.4. The molecule has 3 aromatic rings. The third kappa shape index (κ3) is 5.06. The second-order valence-electron chi connectivity index (χ2n) is 7.66. The van der Waals surface area contributed by atoms with E-state index >= 15 is 0 Å². The Balaban J connectivity index is 1.32. The van der Waals surface area contributed by atoms with Gasteiger partial charge in [0.05, 0.1) is 11.4 Å². The van der Waals surface area contributed by atoms with Crippen molar-refractivity contribution >= 4 is 23.4 Å². The Hall–Kier alpha value is -2.71. The van der Waals surface area contributed by atoms with Crippen LogP contribution >= 0.6 is 11.8 Å². The van der Waals surface area contributed by atoms with E-state index in [1.165, 1.54) is 54.4 Å². The minimum atomic E-state index is -0.0815. The summed E-state index contributed by atoms with van der Waals surface area (Å²) in [5, 5.41) is 15.4. The Morgan fingerprint density at radius 1 is 1.07 bits per heavy atom. The number of hydrogen-bond acceptors (Lipinski definition) is 6. The Morgan fingerprint density at radius 2 is 1.83 bits per heavy atom. The number of tetrazole rings is 1. The lowest BCUT2D eigenvalue weighted by molar-refractivity contribution is -0.113. The zero-order valence-electron chi connectivity index (χ0n) is 17.3. The van der Waals surface area contributed by atoms with Crippen molar-refractivity contribution in [2.24, 2.45) is 0 Å². The normalized spacial score (nSPS) is 14.2. The third-order valence-electron chi connectivity index (χ3n) is 5.35. The van der Waals surface area contributed by atoms with Crippen molar-refractivity contribution in [3.8, 4) is 5.69 Å². The maximum absolute atomic E-state index is 12.4. The molecule has 4 rings (SSSR count). The molecule has 0 saturated carbocycles. The molecular weight excluding hydrogens is 396 g/mol. The molecule has 0 atom stereocenters. The topological polar surface area (TPSA) is 75.9 Å². The van der Waals surface area contributed by atoms with Gasteiger partial charge in [-0.3, -0.25) is 9.69 Å². The third-order valence-corrected chi connectivity index (χ3v) is 6.27. The smallest absolute Gasteiger partial charge is 0.234 e. The summed E-state index contributed by atoms with van der Waals surface area (Å²) in [5.74, 6) is 0.155. The molecule has 0 bridgehead atoms. The van der Waals surface area contributed by atoms with Crippen molar-refractivity contribution in [3.63, 3.8) is 0 Å². The van der Waals surface area contributed by atoms with E-state index in [1.807, 2.05) is 30.3 Å². The Bertz CT molecular complexity index is 1010. The van der Waals surface area contributed by atoms with Crippen LogP contribution in [-0.4, -0.2) is 49.9 Å². The number of nitrogens with zero attached hydrogens (tertiary/aromatic N) is 5. The summed E-state index contributed by atoms with van der Waals surface area (Å²) in [5.41, 5.74) is 5.35. The molecule has 30 heavy (non-hydrogen) atoms. The zero-order valence-corrected chi connectivity index (χ0v) is 18.2. The molecule has 0 spiro atoms. The number of benzene rings is 2. The highest BCUT2D eigenvalue weighted by molar-refractivity contribution is 7.99. The SMILES string of the molecule is Cc1ccc(-n2nnnc2SCC(=O)Nc2ccc(CN3CCCC3)cc2)cc1C. The van der Waals surface area contributed by atoms with Gasteiger partial charge in [-0.1, -0.05) is 30.0 Å². The van der Waals surface area contributed by atoms with Crippen LogP contribution < -0.4 is 5.32 Å². The summed E-state index contributed by atoms with van der Waals surface area (Å²) >= 11 is 1.32. The van der Waals surface area contributed by atoms with E-state index in [4.69, 9.17) is 0 Å². The lowest BCUT2D eigenvalue weighted by atomic mass is 10.1. The van der Waals surface area contributed by atoms with Crippen molar-refractivity contribution in [3.05, 3.63) is 59.2 Å². The zero-order chi connectivity index (χ0) is 20.9. The van der Waals surface area contributed by atoms with Crippen LogP contribution in [0.1, 0.15) is 29.5 Å². The van der Waals surface area contributed by atoms with Crippen LogP contribution in [0.15, 0.2) is 47.6 Å². The molecule has 1 saturated heterocycles. The molecule has 1 N–H and O–H groups in total. The fourth-order valence-electron chi connectivity index (χ4n) is 3.51. The highest BCUT2D eigenvalue weighted by Gasteiger charge is 2.13. The number of thioether (sulfide) groups is 1. The van der Waals surface area contributed by atoms with E-state index in [-0.39, 0.29) is 11.7 Å². The summed E-state index contributed by atoms with van der Waals surface area (Å²) in [7, 11) is 0. The van der Waals surface area contributed by atoms with Gasteiger partial charge in [0, 0.05) is 12.2 Å². The number of aryl methyl sites for hydroxylation is 2. The van der Waals surface area contributed by atoms with Crippen molar-refractivity contribution in [1.82, 2.24) is 25.1 Å². The van der Waals surface area contributed by atoms with Crippen LogP contribution in [-0.2, 0) is 11.3 Å². The molecule has 1 aliphatic heterocycles. The van der Waals surface area contributed by atoms with Crippen molar-refractivity contribution in [2.45, 2.75) is 38.4 Å². The molecular formula is C22H26N6OS. The van der Waals surface area contributed by atoms with E-state index in [0.717, 1.165) is 17.9 Å². The lowest BCUT2D eigenvalue weighted by Crippen LogP contribution is -2.18. The van der Waals surface area contributed by atoms with Crippen LogP contribution in [0.3, 0.4) is 0 Å². The van der Waals surface area contributed by atoms with E-state index in [1.54, 1.807) is 4.68 Å². The number of carbonyl (C=O) groups excluding carboxylic acids is 1. The van der Waals surface area contributed by atoms with Crippen LogP contribution in [0.25, 0.3) is 5.69 Å². The molecule has 1 aliphatic rings. The maximum Gasteiger partial charge on any atom is 0.234 e. The molecule has 156 valence electrons. The second kappa shape index (κ2) is 9.40. The fourth-order valence-corrected chi connectivity index (χ4v) is 4.20. The molecule has 0 radical (unpaired) electrons. The predicted molar refractivity (Wildman–Crippen MR) is 119 cm³/mol. The minimum Gasteiger partial charge on any atom is -0.325 e. The van der Waals surface area contributed by atoms with Gasteiger partial charge in [-0.15, -0.1) is 5.10 Å². The first kappa shape index (κ1) is 20.6. The first-order valence-electron chi connectivity index (χ1n) is 10.2. The molecule has 7 nitrogen and oxygen atoms in total. The van der Waals surface area contributed by atoms with Gasteiger partial charge in [-0.2, -0.15) is 4.68 Å². The van der Waals surface area contributed by atoms with Crippen LogP contribution in [0, 0.1) is 13.8 Å². The van der Waals surface area contributed by atoms with Crippen LogP contribution in [0.2, 0.25) is 0 Å². The first-order valence-corrected chi connectivity index (χ1v) is 11.2. The van der Waals surface area contributed by atoms with Gasteiger partial charge in [-0.05, 0) is 91.2 Å². The van der Waals surface area contributed by atoms with E-state index < -0.39 is 0 Å². The lowest BCUT2D eigenvalue weighted by Gasteiger charge is -2.14. The monoisotopic (exact) mass is 422 g/mol. The number of anilines is 1. The van der Waals surface area contributed by atoms with Crippen molar-refractivity contribution < 1.29 is 4.79 Å². The number of amides is 1. The minimum absolute atomic E-state index is 0.0815. The fraction of sp³-hybridized carbons (Fsp3) is 0.364. The summed E-state index contributed by atoms with van der Waals surface area (Å²) in [6, 6.07) is 14.2. The summed E-state index contributed by atoms with van der Waals surface area (Å²) in [4.78, 5) is 14.9. The number of hydrogen-bond donors (Lipinski definition) is 1. The van der Waals surface area contributed by atoms with E-state index in [9.17, 15) is 4.79 Å². The van der Waals surface area contributed by atoms with Gasteiger partial charge in [-0.25, -0.2) is 0 Å². The molecule has 0 aliphatic carbocycles. The van der Waals surface area contributed by atoms with Crippen molar-refractivity contribution in [2.75, 3.05) is 24.2 Å². The number of carbonyl (C=O) groups is 1. The average molecular weight is 423 g/mol. The van der Waals surface area contributed by atoms with Crippen LogP contribution in [0.5, 0.6) is 0 Å². The summed E-state index contributed by atoms with van der Waals surface area (Å²) < 4.78 is 1.66. The molecule has 1 aromatic heterocycles. The van der Waals surface area contributed by atoms with E-state index in [0.29, 0.717) is 5.16 Å². The van der Waals surface area contributed by atoms with Crippen LogP contribution in [0.4, 0.5) is 5.69 Å². The average Bonchev–Trinajstić information content (AvgIpc) is 3.42. The molecule has 0 unspecified atom stereocenters. The molecule has 1 fully saturated rings. The van der Waals surface area contributed by atoms with Gasteiger partial charge in [0.25, 0.3) is 0 Å². The number of aromatic nitrogens is 4. The number of rotatable bonds is 7. The summed E-state index contributed by atoms with van der Waals surface area (Å²) in [6.45, 7) is 7.46. The highest BCUT2D eigenvalue weighted by atomic mass is 32.2. The van der Waals surface area contributed by atoms with Gasteiger partial charge in [0.2, 0.25) is 11.1 Å². The van der Waals surface area contributed by atoms with Crippen molar-refractivity contribution in [1.29, 1.82) is 0 Å². The second-order valence-corrected chi connectivity index (χ2v) is 8.60. The number of nitrogens with one attached hydrogen (secondary N) is 1. The largest absolute Gasteiger partial charge is 0.325 e. The predicted octanol–water partition coefficient (Wildman–Crippen LogP) is 3.61.